The number of rotatable bonds is 16. The molecule has 4 aliphatic heterocycles. The molecule has 7 amide bonds. The third-order valence-electron chi connectivity index (χ3n) is 13.7. The number of amides is 7. The number of aliphatic hydroxyl groups excluding tert-OH is 3. The summed E-state index contributed by atoms with van der Waals surface area (Å²) in [6.45, 7) is 21.3. The number of ether oxygens (including phenoxy) is 7. The molecule has 1 aliphatic carbocycles. The van der Waals surface area contributed by atoms with Crippen LogP contribution in [0.5, 0.6) is 0 Å². The summed E-state index contributed by atoms with van der Waals surface area (Å²) >= 11 is 0. The summed E-state index contributed by atoms with van der Waals surface area (Å²) in [6.07, 6.45) is -11.6. The lowest BCUT2D eigenvalue weighted by Crippen LogP contribution is -2.71. The molecule has 6 rings (SSSR count). The van der Waals surface area contributed by atoms with E-state index in [1.807, 2.05) is 0 Å². The molecular weight excluding hydrogens is 1030 g/mol. The van der Waals surface area contributed by atoms with Gasteiger partial charge in [-0.3, -0.25) is 19.3 Å². The van der Waals surface area contributed by atoms with Gasteiger partial charge in [-0.2, -0.15) is 0 Å². The van der Waals surface area contributed by atoms with E-state index in [1.54, 1.807) is 92.7 Å². The first kappa shape index (κ1) is 62.1. The van der Waals surface area contributed by atoms with Gasteiger partial charge in [-0.25, -0.2) is 19.2 Å². The van der Waals surface area contributed by atoms with Crippen LogP contribution in [0.15, 0.2) is 48.4 Å². The third-order valence-corrected chi connectivity index (χ3v) is 13.7. The van der Waals surface area contributed by atoms with Crippen molar-refractivity contribution in [3.63, 3.8) is 0 Å². The molecule has 0 radical (unpaired) electrons. The van der Waals surface area contributed by atoms with Crippen molar-refractivity contribution in [2.45, 2.75) is 179 Å². The average molecular weight is 1120 g/mol. The molecule has 4 heterocycles. The molecule has 0 aromatic heterocycles. The monoisotopic (exact) mass is 1120 g/mol. The van der Waals surface area contributed by atoms with Gasteiger partial charge in [-0.05, 0) is 120 Å². The van der Waals surface area contributed by atoms with Gasteiger partial charge in [-0.1, -0.05) is 18.7 Å². The highest BCUT2D eigenvalue weighted by Crippen LogP contribution is 2.39. The first-order valence-electron chi connectivity index (χ1n) is 26.6. The molecule has 1 aromatic rings. The van der Waals surface area contributed by atoms with Gasteiger partial charge in [0, 0.05) is 44.6 Å². The standard InChI is InChI=1S/C54H81N7O18/c1-28(2)74-47(68)57-33-20-19-30(24-55-21-16-22-61-44(66)31-17-14-15-18-32(31)45(61)67)75-40(33)36-34(58-48(69)77-51(3,4)5)23-35(56-43(65)37(62)29-25-60(26-29)50(71)79-53(9,10)11)41(38(36)63)76-46-39(64)42(54(12,72)27-73-46)59(13)49(70)78-52(6,7)8/h14-15,17-19,29,33-42,46,55,62-64,72H,1,16,20-27H2,2-13H3,(H,56,65)(H,57,68)(H,58,69)/t33-,34+,35-,36-,37?,38+,39-,40?,41+,42-,46-,54+/m1/s1. The zero-order chi connectivity index (χ0) is 58.7. The molecule has 79 heavy (non-hydrogen) atoms. The Balaban J connectivity index is 1.32. The SMILES string of the molecule is C=C(C)OC(=O)N[C@@H]1CC=C(CNCCCN2C(=O)c3ccccc3C2=O)OC1[C@H]1[C@H](O)[C@@H](O[C@H]2OC[C@](C)(O)[C@H](N(C)C(=O)OC(C)(C)C)[C@H]2O)[C@H](NC(=O)C(O)C2CN(C(=O)OC(C)(C)C)C2)C[C@@H]1NC(=O)OC(C)(C)C. The molecule has 0 bridgehead atoms. The lowest BCUT2D eigenvalue weighted by atomic mass is 9.72. The van der Waals surface area contributed by atoms with Crippen LogP contribution in [0.25, 0.3) is 0 Å². The van der Waals surface area contributed by atoms with Gasteiger partial charge in [0.15, 0.2) is 6.29 Å². The van der Waals surface area contributed by atoms with Crippen LogP contribution in [0.3, 0.4) is 0 Å². The molecule has 2 saturated heterocycles. The van der Waals surface area contributed by atoms with E-state index in [2.05, 4.69) is 27.8 Å². The maximum atomic E-state index is 14.2. The summed E-state index contributed by atoms with van der Waals surface area (Å²) in [7, 11) is 1.31. The number of aliphatic hydroxyl groups is 4. The highest BCUT2D eigenvalue weighted by molar-refractivity contribution is 6.21. The predicted molar refractivity (Wildman–Crippen MR) is 281 cm³/mol. The number of likely N-dealkylation sites (N-methyl/N-ethyl adjacent to an activating group) is 1. The van der Waals surface area contributed by atoms with Crippen molar-refractivity contribution in [3.8, 4) is 0 Å². The minimum atomic E-state index is -1.90. The number of hydrogen-bond donors (Lipinski definition) is 8. The van der Waals surface area contributed by atoms with Crippen LogP contribution in [-0.4, -0.2) is 207 Å². The molecule has 0 spiro atoms. The summed E-state index contributed by atoms with van der Waals surface area (Å²) in [6, 6.07) is 1.57. The van der Waals surface area contributed by atoms with E-state index in [-0.39, 0.29) is 56.6 Å². The molecule has 25 heteroatoms. The van der Waals surface area contributed by atoms with Crippen LogP contribution in [0.2, 0.25) is 0 Å². The normalized spacial score (nSPS) is 28.7. The second kappa shape index (κ2) is 24.7. The maximum Gasteiger partial charge on any atom is 0.412 e. The Labute approximate surface area is 460 Å². The Morgan fingerprint density at radius 2 is 1.46 bits per heavy atom. The van der Waals surface area contributed by atoms with Gasteiger partial charge in [-0.15, -0.1) is 0 Å². The first-order chi connectivity index (χ1) is 36.6. The van der Waals surface area contributed by atoms with E-state index < -0.39 is 132 Å². The van der Waals surface area contributed by atoms with Crippen LogP contribution in [0.1, 0.15) is 116 Å². The first-order valence-corrected chi connectivity index (χ1v) is 26.6. The van der Waals surface area contributed by atoms with Crippen molar-refractivity contribution in [1.82, 2.24) is 36.0 Å². The highest BCUT2D eigenvalue weighted by Gasteiger charge is 2.57. The Bertz CT molecular complexity index is 2430. The number of carbonyl (C=O) groups is 7. The smallest absolute Gasteiger partial charge is 0.412 e. The van der Waals surface area contributed by atoms with Gasteiger partial charge >= 0.3 is 24.4 Å². The number of allylic oxidation sites excluding steroid dienone is 1. The average Bonchev–Trinajstić information content (AvgIpc) is 3.61. The lowest BCUT2D eigenvalue weighted by Gasteiger charge is -2.52. The number of nitrogens with one attached hydrogen (secondary N) is 4. The number of fused-ring (bicyclic) bond motifs is 1. The maximum absolute atomic E-state index is 14.2. The van der Waals surface area contributed by atoms with Gasteiger partial charge in [0.2, 0.25) is 5.91 Å². The van der Waals surface area contributed by atoms with Crippen molar-refractivity contribution in [2.24, 2.45) is 11.8 Å². The Hall–Kier alpha value is -6.09. The van der Waals surface area contributed by atoms with Gasteiger partial charge in [0.25, 0.3) is 11.8 Å². The largest absolute Gasteiger partial charge is 0.491 e. The van der Waals surface area contributed by atoms with Crippen molar-refractivity contribution in [1.29, 1.82) is 0 Å². The van der Waals surface area contributed by atoms with Crippen LogP contribution >= 0.6 is 0 Å². The van der Waals surface area contributed by atoms with E-state index in [4.69, 9.17) is 33.2 Å². The molecular formula is C54H81N7O18. The molecule has 8 N–H and O–H groups in total. The zero-order valence-electron chi connectivity index (χ0n) is 47.2. The fraction of sp³-hybridized carbons (Fsp3) is 0.685. The predicted octanol–water partition coefficient (Wildman–Crippen LogP) is 2.64. The quantitative estimate of drug-likeness (QED) is 0.0510. The minimum absolute atomic E-state index is 0.0330. The Morgan fingerprint density at radius 3 is 2.04 bits per heavy atom. The summed E-state index contributed by atoms with van der Waals surface area (Å²) in [5.74, 6) is -3.38. The van der Waals surface area contributed by atoms with Gasteiger partial charge in [0.1, 0.15) is 52.6 Å². The van der Waals surface area contributed by atoms with Crippen molar-refractivity contribution >= 4 is 42.1 Å². The van der Waals surface area contributed by atoms with Crippen molar-refractivity contribution in [2.75, 3.05) is 46.4 Å². The number of hydrogen-bond acceptors (Lipinski definition) is 19. The highest BCUT2D eigenvalue weighted by atomic mass is 16.7. The van der Waals surface area contributed by atoms with Gasteiger partial charge < -0.3 is 84.7 Å². The molecule has 1 saturated carbocycles. The lowest BCUT2D eigenvalue weighted by molar-refractivity contribution is -0.305. The molecule has 25 nitrogen and oxygen atoms in total. The summed E-state index contributed by atoms with van der Waals surface area (Å²) < 4.78 is 41.1. The number of alkyl carbamates (subject to hydrolysis) is 2. The Morgan fingerprint density at radius 1 is 0.861 bits per heavy atom. The van der Waals surface area contributed by atoms with Gasteiger partial charge in [0.05, 0.1) is 54.3 Å². The van der Waals surface area contributed by atoms with Crippen LogP contribution < -0.4 is 21.3 Å². The fourth-order valence-corrected chi connectivity index (χ4v) is 10.3. The van der Waals surface area contributed by atoms with E-state index >= 15 is 0 Å². The number of carbonyl (C=O) groups excluding carboxylic acids is 7. The Kier molecular flexibility index (Phi) is 19.4. The molecule has 2 unspecified atom stereocenters. The summed E-state index contributed by atoms with van der Waals surface area (Å²) in [5, 5.41) is 59.8. The van der Waals surface area contributed by atoms with E-state index in [0.29, 0.717) is 29.9 Å². The number of likely N-dealkylation sites (tertiary alicyclic amines) is 1. The van der Waals surface area contributed by atoms with E-state index in [9.17, 15) is 54.0 Å². The minimum Gasteiger partial charge on any atom is -0.491 e. The number of imide groups is 1. The number of nitrogens with zero attached hydrogens (tertiary/aromatic N) is 3. The fourth-order valence-electron chi connectivity index (χ4n) is 10.3. The van der Waals surface area contributed by atoms with Crippen LogP contribution in [0.4, 0.5) is 19.2 Å². The molecule has 1 aromatic carbocycles. The second-order valence-corrected chi connectivity index (χ2v) is 24.1. The third kappa shape index (κ3) is 15.8. The van der Waals surface area contributed by atoms with Crippen LogP contribution in [0, 0.1) is 11.8 Å². The molecule has 12 atom stereocenters. The van der Waals surface area contributed by atoms with Crippen LogP contribution in [-0.2, 0) is 38.0 Å². The van der Waals surface area contributed by atoms with E-state index in [0.717, 1.165) is 4.90 Å². The number of benzene rings is 1. The topological polar surface area (TPSA) is 323 Å². The molecule has 440 valence electrons. The van der Waals surface area contributed by atoms with Crippen molar-refractivity contribution in [3.05, 3.63) is 59.6 Å². The summed E-state index contributed by atoms with van der Waals surface area (Å²) in [5.41, 5.74) is -4.03. The van der Waals surface area contributed by atoms with E-state index in [1.165, 1.54) is 30.7 Å². The molecule has 3 fully saturated rings. The molecule has 5 aliphatic rings. The van der Waals surface area contributed by atoms with Crippen molar-refractivity contribution < 1.29 is 87.1 Å². The second-order valence-electron chi connectivity index (χ2n) is 24.1. The zero-order valence-corrected chi connectivity index (χ0v) is 47.2. The summed E-state index contributed by atoms with van der Waals surface area (Å²) in [4.78, 5) is 97.2.